The molecule has 0 N–H and O–H groups in total. The van der Waals surface area contributed by atoms with Crippen molar-refractivity contribution in [2.24, 2.45) is 5.92 Å². The third-order valence-corrected chi connectivity index (χ3v) is 6.70. The molecule has 6 nitrogen and oxygen atoms in total. The Morgan fingerprint density at radius 1 is 0.944 bits per heavy atom. The van der Waals surface area contributed by atoms with Gasteiger partial charge < -0.3 is 18.9 Å². The molecule has 0 aliphatic carbocycles. The molecule has 1 heterocycles. The number of carbonyl (C=O) groups excluding carboxylic acids is 2. The lowest BCUT2D eigenvalue weighted by molar-refractivity contribution is -0.306. The molecule has 1 aliphatic rings. The summed E-state index contributed by atoms with van der Waals surface area (Å²) in [5, 5.41) is 0. The summed E-state index contributed by atoms with van der Waals surface area (Å²) >= 11 is 0. The maximum atomic E-state index is 12.8. The van der Waals surface area contributed by atoms with Gasteiger partial charge in [0.25, 0.3) is 0 Å². The minimum absolute atomic E-state index is 0.217. The van der Waals surface area contributed by atoms with Gasteiger partial charge in [-0.3, -0.25) is 4.79 Å². The molecule has 0 spiro atoms. The van der Waals surface area contributed by atoms with E-state index in [-0.39, 0.29) is 18.0 Å². The van der Waals surface area contributed by atoms with Crippen LogP contribution in [0.2, 0.25) is 0 Å². The van der Waals surface area contributed by atoms with E-state index in [1.54, 1.807) is 36.4 Å². The molecule has 36 heavy (non-hydrogen) atoms. The highest BCUT2D eigenvalue weighted by atomic mass is 16.7. The minimum Gasteiger partial charge on any atom is -0.458 e. The van der Waals surface area contributed by atoms with Crippen LogP contribution in [0.1, 0.15) is 100 Å². The van der Waals surface area contributed by atoms with Gasteiger partial charge in [-0.05, 0) is 62.4 Å². The molecule has 196 valence electrons. The largest absolute Gasteiger partial charge is 0.458 e. The van der Waals surface area contributed by atoms with Gasteiger partial charge in [0.1, 0.15) is 11.9 Å². The zero-order valence-corrected chi connectivity index (χ0v) is 22.1. The first-order valence-corrected chi connectivity index (χ1v) is 13.3. The van der Waals surface area contributed by atoms with Crippen LogP contribution in [0.15, 0.2) is 48.5 Å². The van der Waals surface area contributed by atoms with E-state index in [4.69, 9.17) is 18.9 Å². The van der Waals surface area contributed by atoms with Crippen molar-refractivity contribution in [2.45, 2.75) is 84.5 Å². The monoisotopic (exact) mass is 496 g/mol. The van der Waals surface area contributed by atoms with Crippen LogP contribution in [0.25, 0.3) is 0 Å². The Balaban J connectivity index is 1.68. The van der Waals surface area contributed by atoms with E-state index in [0.717, 1.165) is 49.7 Å². The Bertz CT molecular complexity index is 960. The molecule has 0 radical (unpaired) electrons. The topological polar surface area (TPSA) is 71.1 Å². The van der Waals surface area contributed by atoms with Crippen LogP contribution < -0.4 is 4.74 Å². The quantitative estimate of drug-likeness (QED) is 0.230. The van der Waals surface area contributed by atoms with Crippen LogP contribution in [0.4, 0.5) is 0 Å². The number of ether oxygens (including phenoxy) is 4. The fraction of sp³-hybridized carbons (Fsp3) is 0.533. The molecule has 2 aromatic carbocycles. The van der Waals surface area contributed by atoms with Gasteiger partial charge in [-0.15, -0.1) is 0 Å². The predicted octanol–water partition coefficient (Wildman–Crippen LogP) is 7.12. The molecule has 6 heteroatoms. The van der Waals surface area contributed by atoms with Crippen molar-refractivity contribution in [2.75, 3.05) is 13.2 Å². The summed E-state index contributed by atoms with van der Waals surface area (Å²) in [6.45, 7) is 9.47. The van der Waals surface area contributed by atoms with Crippen molar-refractivity contribution >= 4 is 11.9 Å². The van der Waals surface area contributed by atoms with Gasteiger partial charge in [-0.2, -0.15) is 0 Å². The first-order valence-electron chi connectivity index (χ1n) is 13.3. The van der Waals surface area contributed by atoms with E-state index in [9.17, 15) is 9.59 Å². The van der Waals surface area contributed by atoms with Crippen molar-refractivity contribution < 1.29 is 28.5 Å². The molecule has 0 bridgehead atoms. The fourth-order valence-electron chi connectivity index (χ4n) is 4.64. The molecule has 0 aromatic heterocycles. The Morgan fingerprint density at radius 3 is 2.19 bits per heavy atom. The Kier molecular flexibility index (Phi) is 10.5. The minimum atomic E-state index is -0.766. The lowest BCUT2D eigenvalue weighted by Gasteiger charge is -2.43. The van der Waals surface area contributed by atoms with Crippen LogP contribution in [0.3, 0.4) is 0 Å². The average Bonchev–Trinajstić information content (AvgIpc) is 2.90. The fourth-order valence-corrected chi connectivity index (χ4v) is 4.64. The molecule has 1 saturated heterocycles. The lowest BCUT2D eigenvalue weighted by atomic mass is 9.84. The van der Waals surface area contributed by atoms with Crippen LogP contribution in [0, 0.1) is 5.92 Å². The van der Waals surface area contributed by atoms with Crippen LogP contribution >= 0.6 is 0 Å². The van der Waals surface area contributed by atoms with Crippen LogP contribution in [-0.2, 0) is 24.8 Å². The van der Waals surface area contributed by atoms with Gasteiger partial charge in [0.2, 0.25) is 0 Å². The van der Waals surface area contributed by atoms with Crippen molar-refractivity contribution in [3.63, 3.8) is 0 Å². The summed E-state index contributed by atoms with van der Waals surface area (Å²) < 4.78 is 23.6. The lowest BCUT2D eigenvalue weighted by Crippen LogP contribution is -2.44. The number of benzene rings is 2. The van der Waals surface area contributed by atoms with Crippen LogP contribution in [0.5, 0.6) is 5.75 Å². The Hall–Kier alpha value is -2.70. The second-order valence-corrected chi connectivity index (χ2v) is 9.38. The summed E-state index contributed by atoms with van der Waals surface area (Å²) in [5.74, 6) is -0.740. The maximum absolute atomic E-state index is 12.8. The summed E-state index contributed by atoms with van der Waals surface area (Å²) in [5.41, 5.74) is 2.24. The summed E-state index contributed by atoms with van der Waals surface area (Å²) in [6.07, 6.45) is 5.91. The normalized spacial score (nSPS) is 16.7. The zero-order chi connectivity index (χ0) is 26.0. The first-order chi connectivity index (χ1) is 17.4. The molecule has 2 aromatic rings. The van der Waals surface area contributed by atoms with Gasteiger partial charge in [-0.1, -0.05) is 57.9 Å². The number of unbranched alkanes of at least 4 members (excludes halogenated alkanes) is 1. The number of esters is 2. The van der Waals surface area contributed by atoms with Crippen molar-refractivity contribution in [1.29, 1.82) is 0 Å². The molecule has 1 fully saturated rings. The highest BCUT2D eigenvalue weighted by Crippen LogP contribution is 2.42. The molecule has 0 saturated carbocycles. The molecule has 2 unspecified atom stereocenters. The SMILES string of the molecule is CCCCC(CC)C1(c2ccc(C(=O)Oc3ccc(C(C)OC(=O)CCC)cc3)cc2)OCCCO1. The van der Waals surface area contributed by atoms with Gasteiger partial charge in [0.05, 0.1) is 18.8 Å². The molecule has 0 amide bonds. The van der Waals surface area contributed by atoms with Gasteiger partial charge in [0, 0.05) is 17.9 Å². The Morgan fingerprint density at radius 2 is 1.61 bits per heavy atom. The molecular weight excluding hydrogens is 456 g/mol. The molecule has 1 aliphatic heterocycles. The highest BCUT2D eigenvalue weighted by molar-refractivity contribution is 5.91. The van der Waals surface area contributed by atoms with E-state index in [0.29, 0.717) is 30.9 Å². The number of hydrogen-bond acceptors (Lipinski definition) is 6. The van der Waals surface area contributed by atoms with E-state index >= 15 is 0 Å². The van der Waals surface area contributed by atoms with Gasteiger partial charge in [-0.25, -0.2) is 4.79 Å². The number of carbonyl (C=O) groups is 2. The van der Waals surface area contributed by atoms with E-state index < -0.39 is 11.8 Å². The smallest absolute Gasteiger partial charge is 0.343 e. The predicted molar refractivity (Wildman–Crippen MR) is 139 cm³/mol. The van der Waals surface area contributed by atoms with E-state index in [1.807, 2.05) is 26.0 Å². The van der Waals surface area contributed by atoms with Gasteiger partial charge in [0.15, 0.2) is 5.79 Å². The second-order valence-electron chi connectivity index (χ2n) is 9.38. The van der Waals surface area contributed by atoms with Crippen molar-refractivity contribution in [3.05, 3.63) is 65.2 Å². The average molecular weight is 497 g/mol. The highest BCUT2D eigenvalue weighted by Gasteiger charge is 2.43. The maximum Gasteiger partial charge on any atom is 0.343 e. The van der Waals surface area contributed by atoms with Crippen molar-refractivity contribution in [1.82, 2.24) is 0 Å². The third kappa shape index (κ3) is 6.95. The van der Waals surface area contributed by atoms with E-state index in [2.05, 4.69) is 13.8 Å². The standard InChI is InChI=1S/C30H40O6/c1-5-8-11-25(7-3)30(33-20-9-21-34-30)26-16-12-24(13-17-26)29(32)36-27-18-14-23(15-19-27)22(4)35-28(31)10-6-2/h12-19,22,25H,5-11,20-21H2,1-4H3. The zero-order valence-electron chi connectivity index (χ0n) is 22.1. The molecule has 2 atom stereocenters. The summed E-state index contributed by atoms with van der Waals surface area (Å²) in [6, 6.07) is 14.4. The van der Waals surface area contributed by atoms with Crippen LogP contribution in [-0.4, -0.2) is 25.2 Å². The van der Waals surface area contributed by atoms with Crippen molar-refractivity contribution in [3.8, 4) is 5.75 Å². The third-order valence-electron chi connectivity index (χ3n) is 6.70. The summed E-state index contributed by atoms with van der Waals surface area (Å²) in [4.78, 5) is 24.5. The first kappa shape index (κ1) is 27.9. The Labute approximate surface area is 215 Å². The number of hydrogen-bond donors (Lipinski definition) is 0. The van der Waals surface area contributed by atoms with Gasteiger partial charge >= 0.3 is 11.9 Å². The van der Waals surface area contributed by atoms with E-state index in [1.165, 1.54) is 0 Å². The summed E-state index contributed by atoms with van der Waals surface area (Å²) in [7, 11) is 0. The second kappa shape index (κ2) is 13.6. The molecular formula is C30H40O6. The number of rotatable bonds is 12. The molecule has 3 rings (SSSR count).